The number of benzene rings is 1. The molecule has 2 amide bonds. The van der Waals surface area contributed by atoms with Gasteiger partial charge in [-0.25, -0.2) is 0 Å². The molecule has 68 valence electrons. The Morgan fingerprint density at radius 1 is 1.29 bits per heavy atom. The van der Waals surface area contributed by atoms with Gasteiger partial charge < -0.3 is 0 Å². The fourth-order valence-corrected chi connectivity index (χ4v) is 1.62. The van der Waals surface area contributed by atoms with Gasteiger partial charge in [0.2, 0.25) is 0 Å². The second kappa shape index (κ2) is 2.82. The highest BCUT2D eigenvalue weighted by atomic mass is 35.5. The van der Waals surface area contributed by atoms with Gasteiger partial charge >= 0.3 is 0 Å². The summed E-state index contributed by atoms with van der Waals surface area (Å²) in [5.74, 6) is -1.02. The van der Waals surface area contributed by atoms with Gasteiger partial charge in [-0.3, -0.25) is 14.9 Å². The van der Waals surface area contributed by atoms with Crippen LogP contribution in [-0.4, -0.2) is 11.8 Å². The van der Waals surface area contributed by atoms with Crippen molar-refractivity contribution in [2.75, 3.05) is 0 Å². The second-order valence-electron chi connectivity index (χ2n) is 2.78. The average molecular weight is 207 g/mol. The molecule has 1 heterocycles. The molecule has 0 aliphatic carbocycles. The van der Waals surface area contributed by atoms with Crippen molar-refractivity contribution in [3.63, 3.8) is 0 Å². The lowest BCUT2D eigenvalue weighted by Crippen LogP contribution is -2.20. The van der Waals surface area contributed by atoms with Gasteiger partial charge in [0.05, 0.1) is 27.8 Å². The number of carbonyl (C=O) groups is 2. The van der Waals surface area contributed by atoms with Crippen molar-refractivity contribution < 1.29 is 9.59 Å². The van der Waals surface area contributed by atoms with Gasteiger partial charge in [0.25, 0.3) is 11.8 Å². The van der Waals surface area contributed by atoms with Gasteiger partial charge in [-0.1, -0.05) is 11.6 Å². The van der Waals surface area contributed by atoms with E-state index in [-0.39, 0.29) is 21.7 Å². The van der Waals surface area contributed by atoms with Crippen LogP contribution in [0.25, 0.3) is 0 Å². The zero-order valence-electron chi connectivity index (χ0n) is 6.80. The van der Waals surface area contributed by atoms with E-state index in [1.54, 1.807) is 0 Å². The second-order valence-corrected chi connectivity index (χ2v) is 3.18. The molecule has 0 fully saturated rings. The van der Waals surface area contributed by atoms with Gasteiger partial charge in [-0.05, 0) is 12.1 Å². The molecular weight excluding hydrogens is 204 g/mol. The first-order chi connectivity index (χ1) is 6.63. The Bertz CT molecular complexity index is 502. The number of rotatable bonds is 0. The van der Waals surface area contributed by atoms with Crippen molar-refractivity contribution in [1.82, 2.24) is 5.32 Å². The van der Waals surface area contributed by atoms with Crippen molar-refractivity contribution in [2.24, 2.45) is 0 Å². The summed E-state index contributed by atoms with van der Waals surface area (Å²) in [4.78, 5) is 22.4. The Labute approximate surface area is 84.1 Å². The summed E-state index contributed by atoms with van der Waals surface area (Å²) in [5, 5.41) is 10.9. The number of fused-ring (bicyclic) bond motifs is 1. The van der Waals surface area contributed by atoms with Crippen LogP contribution in [0.3, 0.4) is 0 Å². The molecule has 1 aromatic rings. The predicted octanol–water partition coefficient (Wildman–Crippen LogP) is 1.10. The van der Waals surface area contributed by atoms with E-state index in [2.05, 4.69) is 5.32 Å². The first kappa shape index (κ1) is 8.73. The van der Waals surface area contributed by atoms with Crippen molar-refractivity contribution in [3.05, 3.63) is 33.8 Å². The van der Waals surface area contributed by atoms with E-state index in [0.717, 1.165) is 0 Å². The van der Waals surface area contributed by atoms with Crippen LogP contribution in [0.15, 0.2) is 12.1 Å². The molecule has 4 nitrogen and oxygen atoms in total. The quantitative estimate of drug-likeness (QED) is 0.646. The summed E-state index contributed by atoms with van der Waals surface area (Å²) in [6, 6.07) is 4.57. The Balaban J connectivity index is 2.76. The number of carbonyl (C=O) groups excluding carboxylic acids is 2. The largest absolute Gasteiger partial charge is 0.288 e. The molecule has 0 atom stereocenters. The number of nitriles is 1. The summed E-state index contributed by atoms with van der Waals surface area (Å²) < 4.78 is 0. The van der Waals surface area contributed by atoms with Gasteiger partial charge in [0.15, 0.2) is 0 Å². The summed E-state index contributed by atoms with van der Waals surface area (Å²) in [7, 11) is 0. The number of hydrogen-bond donors (Lipinski definition) is 1. The van der Waals surface area contributed by atoms with Crippen LogP contribution in [0.1, 0.15) is 26.3 Å². The van der Waals surface area contributed by atoms with E-state index in [9.17, 15) is 9.59 Å². The van der Waals surface area contributed by atoms with E-state index in [0.29, 0.717) is 0 Å². The number of amides is 2. The smallest absolute Gasteiger partial charge is 0.260 e. The minimum absolute atomic E-state index is 0.127. The SMILES string of the molecule is N#Cc1cc(Cl)c2c(c1)C(=O)NC2=O. The Kier molecular flexibility index (Phi) is 1.76. The maximum atomic E-state index is 11.2. The predicted molar refractivity (Wildman–Crippen MR) is 48.0 cm³/mol. The zero-order chi connectivity index (χ0) is 10.3. The molecular formula is C9H3ClN2O2. The highest BCUT2D eigenvalue weighted by molar-refractivity contribution is 6.37. The highest BCUT2D eigenvalue weighted by Gasteiger charge is 2.29. The van der Waals surface area contributed by atoms with Crippen molar-refractivity contribution >= 4 is 23.4 Å². The number of nitrogens with one attached hydrogen (secondary N) is 1. The van der Waals surface area contributed by atoms with Crippen LogP contribution in [-0.2, 0) is 0 Å². The monoisotopic (exact) mass is 206 g/mol. The summed E-state index contributed by atoms with van der Waals surface area (Å²) >= 11 is 5.75. The average Bonchev–Trinajstić information content (AvgIpc) is 2.42. The minimum Gasteiger partial charge on any atom is -0.288 e. The molecule has 0 unspecified atom stereocenters. The molecule has 2 rings (SSSR count). The van der Waals surface area contributed by atoms with Gasteiger partial charge in [-0.15, -0.1) is 0 Å². The third kappa shape index (κ3) is 1.07. The molecule has 1 N–H and O–H groups in total. The Morgan fingerprint density at radius 3 is 2.64 bits per heavy atom. The maximum absolute atomic E-state index is 11.2. The Hall–Kier alpha value is -1.86. The van der Waals surface area contributed by atoms with Crippen LogP contribution < -0.4 is 5.32 Å². The maximum Gasteiger partial charge on any atom is 0.260 e. The molecule has 1 aliphatic heterocycles. The number of imide groups is 1. The normalized spacial score (nSPS) is 13.4. The van der Waals surface area contributed by atoms with Crippen molar-refractivity contribution in [3.8, 4) is 6.07 Å². The first-order valence-corrected chi connectivity index (χ1v) is 4.10. The van der Waals surface area contributed by atoms with E-state index < -0.39 is 11.8 Å². The van der Waals surface area contributed by atoms with Gasteiger partial charge in [0.1, 0.15) is 0 Å². The van der Waals surface area contributed by atoms with Crippen LogP contribution in [0.4, 0.5) is 0 Å². The lowest BCUT2D eigenvalue weighted by atomic mass is 10.1. The third-order valence-electron chi connectivity index (χ3n) is 1.92. The zero-order valence-corrected chi connectivity index (χ0v) is 7.55. The number of nitrogens with zero attached hydrogens (tertiary/aromatic N) is 1. The van der Waals surface area contributed by atoms with E-state index in [1.807, 2.05) is 6.07 Å². The minimum atomic E-state index is -0.514. The number of halogens is 1. The molecule has 0 bridgehead atoms. The fraction of sp³-hybridized carbons (Fsp3) is 0. The lowest BCUT2D eigenvalue weighted by Gasteiger charge is -1.97. The number of hydrogen-bond acceptors (Lipinski definition) is 3. The molecule has 5 heteroatoms. The third-order valence-corrected chi connectivity index (χ3v) is 2.22. The topological polar surface area (TPSA) is 70.0 Å². The standard InChI is InChI=1S/C9H3ClN2O2/c10-6-2-4(3-11)1-5-7(6)9(14)12-8(5)13/h1-2H,(H,12,13,14). The molecule has 0 radical (unpaired) electrons. The molecule has 14 heavy (non-hydrogen) atoms. The van der Waals surface area contributed by atoms with Crippen LogP contribution >= 0.6 is 11.6 Å². The van der Waals surface area contributed by atoms with Gasteiger partial charge in [0, 0.05) is 0 Å². The summed E-state index contributed by atoms with van der Waals surface area (Å²) in [6.07, 6.45) is 0. The summed E-state index contributed by atoms with van der Waals surface area (Å²) in [6.45, 7) is 0. The molecule has 0 saturated heterocycles. The lowest BCUT2D eigenvalue weighted by molar-refractivity contribution is 0.0879. The molecule has 1 aromatic carbocycles. The van der Waals surface area contributed by atoms with E-state index in [4.69, 9.17) is 16.9 Å². The van der Waals surface area contributed by atoms with Crippen LogP contribution in [0.5, 0.6) is 0 Å². The first-order valence-electron chi connectivity index (χ1n) is 3.73. The summed E-state index contributed by atoms with van der Waals surface area (Å²) in [5.41, 5.74) is 0.577. The molecule has 0 saturated carbocycles. The molecule has 1 aliphatic rings. The molecule has 0 aromatic heterocycles. The molecule has 0 spiro atoms. The fourth-order valence-electron chi connectivity index (χ4n) is 1.31. The van der Waals surface area contributed by atoms with Crippen molar-refractivity contribution in [1.29, 1.82) is 5.26 Å². The van der Waals surface area contributed by atoms with E-state index >= 15 is 0 Å². The van der Waals surface area contributed by atoms with E-state index in [1.165, 1.54) is 12.1 Å². The van der Waals surface area contributed by atoms with Crippen LogP contribution in [0, 0.1) is 11.3 Å². The highest BCUT2D eigenvalue weighted by Crippen LogP contribution is 2.25. The Morgan fingerprint density at radius 2 is 2.00 bits per heavy atom. The van der Waals surface area contributed by atoms with Gasteiger partial charge in [-0.2, -0.15) is 5.26 Å². The van der Waals surface area contributed by atoms with Crippen LogP contribution in [0.2, 0.25) is 5.02 Å². The van der Waals surface area contributed by atoms with Crippen molar-refractivity contribution in [2.45, 2.75) is 0 Å².